The minimum absolute atomic E-state index is 0.267. The minimum atomic E-state index is 0.267. The minimum Gasteiger partial charge on any atom is -0.313 e. The van der Waals surface area contributed by atoms with Crippen molar-refractivity contribution < 1.29 is 0 Å². The average Bonchev–Trinajstić information content (AvgIpc) is 2.74. The number of nitrogens with one attached hydrogen (secondary N) is 1. The van der Waals surface area contributed by atoms with Crippen LogP contribution in [0.25, 0.3) is 10.4 Å². The third-order valence-corrected chi connectivity index (χ3v) is 4.99. The fourth-order valence-electron chi connectivity index (χ4n) is 1.67. The summed E-state index contributed by atoms with van der Waals surface area (Å²) in [6.45, 7) is 2.10. The van der Waals surface area contributed by atoms with Gasteiger partial charge in [0.05, 0.1) is 0 Å². The molecule has 0 saturated heterocycles. The van der Waals surface area contributed by atoms with E-state index in [1.54, 1.807) is 11.3 Å². The van der Waals surface area contributed by atoms with Gasteiger partial charge in [0, 0.05) is 20.4 Å². The molecular formula is C13H13BrClNS. The summed E-state index contributed by atoms with van der Waals surface area (Å²) in [4.78, 5) is 1.22. The van der Waals surface area contributed by atoms with E-state index in [1.807, 2.05) is 13.1 Å². The molecule has 0 aliphatic carbocycles. The lowest BCUT2D eigenvalue weighted by atomic mass is 10.1. The lowest BCUT2D eigenvalue weighted by molar-refractivity contribution is 0.652. The lowest BCUT2D eigenvalue weighted by Gasteiger charge is -2.13. The fraction of sp³-hybridized carbons (Fsp3) is 0.231. The van der Waals surface area contributed by atoms with Gasteiger partial charge in [-0.1, -0.05) is 23.7 Å². The average molecular weight is 331 g/mol. The molecule has 1 unspecified atom stereocenters. The summed E-state index contributed by atoms with van der Waals surface area (Å²) < 4.78 is 1.12. The zero-order valence-corrected chi connectivity index (χ0v) is 12.8. The third kappa shape index (κ3) is 2.74. The topological polar surface area (TPSA) is 12.0 Å². The molecule has 1 N–H and O–H groups in total. The molecule has 1 nitrogen and oxygen atoms in total. The lowest BCUT2D eigenvalue weighted by Crippen LogP contribution is -2.12. The third-order valence-electron chi connectivity index (χ3n) is 2.78. The maximum Gasteiger partial charge on any atom is 0.0485 e. The summed E-state index contributed by atoms with van der Waals surface area (Å²) in [5.41, 5.74) is 2.29. The Morgan fingerprint density at radius 3 is 2.65 bits per heavy atom. The summed E-state index contributed by atoms with van der Waals surface area (Å²) in [6, 6.07) is 8.55. The fourth-order valence-corrected chi connectivity index (χ4v) is 3.62. The number of rotatable bonds is 3. The highest BCUT2D eigenvalue weighted by atomic mass is 79.9. The molecule has 0 amide bonds. The summed E-state index contributed by atoms with van der Waals surface area (Å²) in [6.07, 6.45) is 0. The van der Waals surface area contributed by atoms with Crippen LogP contribution < -0.4 is 5.32 Å². The van der Waals surface area contributed by atoms with Gasteiger partial charge in [0.2, 0.25) is 0 Å². The van der Waals surface area contributed by atoms with Gasteiger partial charge in [0.15, 0.2) is 0 Å². The van der Waals surface area contributed by atoms with Crippen LogP contribution in [0.2, 0.25) is 5.02 Å². The molecule has 0 aliphatic heterocycles. The second kappa shape index (κ2) is 5.53. The highest BCUT2D eigenvalue weighted by Crippen LogP contribution is 2.36. The smallest absolute Gasteiger partial charge is 0.0485 e. The molecular weight excluding hydrogens is 318 g/mol. The van der Waals surface area contributed by atoms with E-state index in [-0.39, 0.29) is 6.04 Å². The number of hydrogen-bond acceptors (Lipinski definition) is 2. The van der Waals surface area contributed by atoms with Crippen molar-refractivity contribution in [3.8, 4) is 10.4 Å². The van der Waals surface area contributed by atoms with E-state index in [0.29, 0.717) is 0 Å². The van der Waals surface area contributed by atoms with Crippen LogP contribution in [0, 0.1) is 0 Å². The second-order valence-electron chi connectivity index (χ2n) is 3.84. The van der Waals surface area contributed by atoms with E-state index in [0.717, 1.165) is 20.6 Å². The Morgan fingerprint density at radius 2 is 2.12 bits per heavy atom. The van der Waals surface area contributed by atoms with Gasteiger partial charge in [-0.2, -0.15) is 0 Å². The molecule has 1 aromatic heterocycles. The summed E-state index contributed by atoms with van der Waals surface area (Å²) in [5.74, 6) is 0. The van der Waals surface area contributed by atoms with E-state index < -0.39 is 0 Å². The van der Waals surface area contributed by atoms with Crippen LogP contribution in [0.15, 0.2) is 34.1 Å². The van der Waals surface area contributed by atoms with Crippen LogP contribution in [-0.4, -0.2) is 7.05 Å². The summed E-state index contributed by atoms with van der Waals surface area (Å²) >= 11 is 11.6. The molecule has 0 aliphatic rings. The molecule has 17 heavy (non-hydrogen) atoms. The van der Waals surface area contributed by atoms with Crippen LogP contribution in [0.4, 0.5) is 0 Å². The van der Waals surface area contributed by atoms with Gasteiger partial charge in [-0.05, 0) is 58.5 Å². The van der Waals surface area contributed by atoms with Crippen LogP contribution in [0.5, 0.6) is 0 Å². The van der Waals surface area contributed by atoms with Gasteiger partial charge in [-0.15, -0.1) is 11.3 Å². The van der Waals surface area contributed by atoms with E-state index in [9.17, 15) is 0 Å². The number of hydrogen-bond donors (Lipinski definition) is 1. The van der Waals surface area contributed by atoms with E-state index in [2.05, 4.69) is 51.7 Å². The Kier molecular flexibility index (Phi) is 4.26. The van der Waals surface area contributed by atoms with Gasteiger partial charge >= 0.3 is 0 Å². The Bertz CT molecular complexity index is 524. The first-order valence-electron chi connectivity index (χ1n) is 5.33. The SMILES string of the molecule is CNC(C)c1ccc(-c2sccc2Br)cc1Cl. The Morgan fingerprint density at radius 1 is 1.35 bits per heavy atom. The first kappa shape index (κ1) is 13.1. The normalized spacial score (nSPS) is 12.7. The van der Waals surface area contributed by atoms with E-state index in [4.69, 9.17) is 11.6 Å². The van der Waals surface area contributed by atoms with Crippen molar-refractivity contribution in [3.63, 3.8) is 0 Å². The number of thiophene rings is 1. The Balaban J connectivity index is 2.41. The first-order valence-corrected chi connectivity index (χ1v) is 7.38. The van der Waals surface area contributed by atoms with Crippen molar-refractivity contribution in [2.45, 2.75) is 13.0 Å². The maximum absolute atomic E-state index is 6.32. The van der Waals surface area contributed by atoms with Crippen molar-refractivity contribution in [1.29, 1.82) is 0 Å². The molecule has 0 bridgehead atoms. The Hall–Kier alpha value is -0.350. The molecule has 0 saturated carbocycles. The van der Waals surface area contributed by atoms with E-state index in [1.165, 1.54) is 4.88 Å². The van der Waals surface area contributed by atoms with Gasteiger partial charge in [-0.3, -0.25) is 0 Å². The van der Waals surface area contributed by atoms with Gasteiger partial charge in [-0.25, -0.2) is 0 Å². The standard InChI is InChI=1S/C13H13BrClNS/c1-8(16-2)10-4-3-9(7-12(10)15)13-11(14)5-6-17-13/h3-8,16H,1-2H3. The molecule has 90 valence electrons. The van der Waals surface area contributed by atoms with Gasteiger partial charge < -0.3 is 5.32 Å². The molecule has 0 fully saturated rings. The molecule has 2 rings (SSSR count). The predicted molar refractivity (Wildman–Crippen MR) is 79.9 cm³/mol. The molecule has 1 atom stereocenters. The molecule has 2 aromatic rings. The largest absolute Gasteiger partial charge is 0.313 e. The molecule has 0 radical (unpaired) electrons. The highest BCUT2D eigenvalue weighted by molar-refractivity contribution is 9.10. The van der Waals surface area contributed by atoms with Crippen LogP contribution in [0.1, 0.15) is 18.5 Å². The molecule has 1 aromatic carbocycles. The predicted octanol–water partition coefficient (Wildman–Crippen LogP) is 5.11. The quantitative estimate of drug-likeness (QED) is 0.824. The van der Waals surface area contributed by atoms with Gasteiger partial charge in [0.1, 0.15) is 0 Å². The Labute approximate surface area is 119 Å². The van der Waals surface area contributed by atoms with Gasteiger partial charge in [0.25, 0.3) is 0 Å². The maximum atomic E-state index is 6.32. The zero-order chi connectivity index (χ0) is 12.4. The van der Waals surface area contributed by atoms with Crippen LogP contribution in [-0.2, 0) is 0 Å². The number of benzene rings is 1. The van der Waals surface area contributed by atoms with Crippen molar-refractivity contribution in [2.24, 2.45) is 0 Å². The highest BCUT2D eigenvalue weighted by Gasteiger charge is 2.10. The monoisotopic (exact) mass is 329 g/mol. The van der Waals surface area contributed by atoms with Crippen LogP contribution >= 0.6 is 38.9 Å². The summed E-state index contributed by atoms with van der Waals surface area (Å²) in [5, 5.41) is 6.07. The summed E-state index contributed by atoms with van der Waals surface area (Å²) in [7, 11) is 1.94. The number of halogens is 2. The first-order chi connectivity index (χ1) is 8.13. The van der Waals surface area contributed by atoms with E-state index >= 15 is 0 Å². The molecule has 1 heterocycles. The van der Waals surface area contributed by atoms with Crippen molar-refractivity contribution in [3.05, 3.63) is 44.7 Å². The second-order valence-corrected chi connectivity index (χ2v) is 6.02. The zero-order valence-electron chi connectivity index (χ0n) is 9.63. The molecule has 4 heteroatoms. The molecule has 0 spiro atoms. The van der Waals surface area contributed by atoms with Crippen molar-refractivity contribution in [1.82, 2.24) is 5.32 Å². The van der Waals surface area contributed by atoms with Crippen molar-refractivity contribution in [2.75, 3.05) is 7.05 Å². The van der Waals surface area contributed by atoms with Crippen LogP contribution in [0.3, 0.4) is 0 Å². The van der Waals surface area contributed by atoms with Crippen molar-refractivity contribution >= 4 is 38.9 Å².